The molecule has 4 aliphatic rings. The van der Waals surface area contributed by atoms with Crippen LogP contribution in [0.2, 0.25) is 0 Å². The van der Waals surface area contributed by atoms with E-state index in [-0.39, 0.29) is 34.4 Å². The molecule has 1 unspecified atom stereocenters. The maximum Gasteiger partial charge on any atom is 0.338 e. The molecule has 4 saturated carbocycles. The number of carbonyl (C=O) groups excluding carboxylic acids is 2. The van der Waals surface area contributed by atoms with Crippen LogP contribution in [0.1, 0.15) is 61.4 Å². The van der Waals surface area contributed by atoms with Gasteiger partial charge in [0.05, 0.1) is 10.5 Å². The van der Waals surface area contributed by atoms with E-state index in [2.05, 4.69) is 17.0 Å². The minimum Gasteiger partial charge on any atom is -0.452 e. The lowest BCUT2D eigenvalue weighted by Crippen LogP contribution is -2.56. The third kappa shape index (κ3) is 5.34. The highest BCUT2D eigenvalue weighted by molar-refractivity contribution is 7.89. The van der Waals surface area contributed by atoms with Crippen molar-refractivity contribution < 1.29 is 22.7 Å². The molecule has 6 rings (SSSR count). The van der Waals surface area contributed by atoms with E-state index in [0.717, 1.165) is 23.3 Å². The van der Waals surface area contributed by atoms with Crippen LogP contribution in [0.5, 0.6) is 0 Å². The topological polar surface area (TPSA) is 102 Å². The average Bonchev–Trinajstić information content (AvgIpc) is 2.86. The van der Waals surface area contributed by atoms with Gasteiger partial charge >= 0.3 is 5.97 Å². The number of ether oxygens (including phenoxy) is 1. The number of sulfonamides is 1. The fraction of sp³-hybridized carbons (Fsp3) is 0.500. The Morgan fingerprint density at radius 3 is 2.25 bits per heavy atom. The Hall–Kier alpha value is -2.71. The number of carbonyl (C=O) groups is 2. The normalized spacial score (nSPS) is 27.4. The molecule has 4 aliphatic carbocycles. The van der Waals surface area contributed by atoms with E-state index in [4.69, 9.17) is 4.74 Å². The summed E-state index contributed by atoms with van der Waals surface area (Å²) in [5.41, 5.74) is 1.08. The van der Waals surface area contributed by atoms with Crippen molar-refractivity contribution in [2.45, 2.75) is 62.9 Å². The number of esters is 1. The fourth-order valence-electron chi connectivity index (χ4n) is 7.01. The standard InChI is InChI=1S/C28H34N2O5S/c1-19(28-14-21-10-22(15-28)12-23(11-21)16-28)30-26(31)18-35-27(32)24-8-5-9-25(13-24)36(33,34)29-17-20-6-3-2-4-7-20/h2-9,13,19,21-23,29H,10-12,14-18H2,1H3,(H,30,31). The first-order valence-electron chi connectivity index (χ1n) is 12.8. The van der Waals surface area contributed by atoms with Gasteiger partial charge in [-0.1, -0.05) is 36.4 Å². The van der Waals surface area contributed by atoms with Crippen molar-refractivity contribution in [1.29, 1.82) is 0 Å². The van der Waals surface area contributed by atoms with Gasteiger partial charge in [0, 0.05) is 12.6 Å². The zero-order valence-corrected chi connectivity index (χ0v) is 21.4. The number of hydrogen-bond donors (Lipinski definition) is 2. The first-order valence-corrected chi connectivity index (χ1v) is 14.3. The molecule has 0 radical (unpaired) electrons. The number of amides is 1. The van der Waals surface area contributed by atoms with Crippen LogP contribution in [0.4, 0.5) is 0 Å². The number of hydrogen-bond acceptors (Lipinski definition) is 5. The summed E-state index contributed by atoms with van der Waals surface area (Å²) in [7, 11) is -3.82. The maximum atomic E-state index is 12.7. The molecule has 2 N–H and O–H groups in total. The van der Waals surface area contributed by atoms with Crippen LogP contribution in [-0.2, 0) is 26.1 Å². The Morgan fingerprint density at radius 1 is 0.972 bits per heavy atom. The van der Waals surface area contributed by atoms with Gasteiger partial charge in [-0.15, -0.1) is 0 Å². The lowest BCUT2D eigenvalue weighted by molar-refractivity contribution is -0.128. The molecule has 0 heterocycles. The number of benzene rings is 2. The van der Waals surface area contributed by atoms with Gasteiger partial charge in [-0.2, -0.15) is 0 Å². The monoisotopic (exact) mass is 510 g/mol. The fourth-order valence-corrected chi connectivity index (χ4v) is 8.07. The van der Waals surface area contributed by atoms with Gasteiger partial charge in [0.1, 0.15) is 0 Å². The van der Waals surface area contributed by atoms with Gasteiger partial charge in [0.15, 0.2) is 6.61 Å². The minimum atomic E-state index is -3.82. The summed E-state index contributed by atoms with van der Waals surface area (Å²) in [4.78, 5) is 25.2. The van der Waals surface area contributed by atoms with Crippen LogP contribution in [0.25, 0.3) is 0 Å². The molecular weight excluding hydrogens is 476 g/mol. The van der Waals surface area contributed by atoms with Gasteiger partial charge in [-0.25, -0.2) is 17.9 Å². The predicted molar refractivity (Wildman–Crippen MR) is 135 cm³/mol. The third-order valence-corrected chi connectivity index (χ3v) is 9.80. The van der Waals surface area contributed by atoms with Crippen molar-refractivity contribution in [3.05, 3.63) is 65.7 Å². The maximum absolute atomic E-state index is 12.7. The highest BCUT2D eigenvalue weighted by Gasteiger charge is 2.53. The second-order valence-electron chi connectivity index (χ2n) is 11.0. The molecule has 8 heteroatoms. The average molecular weight is 511 g/mol. The van der Waals surface area contributed by atoms with Crippen molar-refractivity contribution in [2.75, 3.05) is 6.61 Å². The molecule has 192 valence electrons. The lowest BCUT2D eigenvalue weighted by atomic mass is 9.48. The molecule has 0 spiro atoms. The lowest BCUT2D eigenvalue weighted by Gasteiger charge is -2.59. The molecule has 2 aromatic rings. The second kappa shape index (κ2) is 9.98. The van der Waals surface area contributed by atoms with E-state index in [1.165, 1.54) is 62.8 Å². The van der Waals surface area contributed by atoms with E-state index >= 15 is 0 Å². The molecule has 36 heavy (non-hydrogen) atoms. The first-order chi connectivity index (χ1) is 17.2. The van der Waals surface area contributed by atoms with Crippen molar-refractivity contribution in [1.82, 2.24) is 10.0 Å². The summed E-state index contributed by atoms with van der Waals surface area (Å²) in [6, 6.07) is 14.9. The van der Waals surface area contributed by atoms with Crippen LogP contribution < -0.4 is 10.0 Å². The summed E-state index contributed by atoms with van der Waals surface area (Å²) in [6.45, 7) is 1.84. The number of nitrogens with one attached hydrogen (secondary N) is 2. The molecule has 0 aliphatic heterocycles. The van der Waals surface area contributed by atoms with Crippen molar-refractivity contribution in [2.24, 2.45) is 23.2 Å². The Kier molecular flexibility index (Phi) is 6.92. The van der Waals surface area contributed by atoms with Crippen LogP contribution >= 0.6 is 0 Å². The van der Waals surface area contributed by atoms with Crippen LogP contribution in [0.3, 0.4) is 0 Å². The van der Waals surface area contributed by atoms with Crippen LogP contribution in [-0.4, -0.2) is 32.9 Å². The summed E-state index contributed by atoms with van der Waals surface area (Å²) in [5.74, 6) is 1.32. The summed E-state index contributed by atoms with van der Waals surface area (Å²) < 4.78 is 33.2. The van der Waals surface area contributed by atoms with E-state index in [1.807, 2.05) is 30.3 Å². The van der Waals surface area contributed by atoms with Gasteiger partial charge in [-0.3, -0.25) is 4.79 Å². The quantitative estimate of drug-likeness (QED) is 0.496. The zero-order chi connectivity index (χ0) is 25.3. The first kappa shape index (κ1) is 25.0. The third-order valence-electron chi connectivity index (χ3n) is 8.41. The van der Waals surface area contributed by atoms with Crippen molar-refractivity contribution in [3.63, 3.8) is 0 Å². The number of rotatable bonds is 9. The van der Waals surface area contributed by atoms with Gasteiger partial charge < -0.3 is 10.1 Å². The zero-order valence-electron chi connectivity index (χ0n) is 20.6. The molecule has 1 atom stereocenters. The Bertz CT molecular complexity index is 1190. The Balaban J connectivity index is 1.15. The molecule has 0 aromatic heterocycles. The summed E-state index contributed by atoms with van der Waals surface area (Å²) >= 11 is 0. The largest absolute Gasteiger partial charge is 0.452 e. The smallest absolute Gasteiger partial charge is 0.338 e. The Labute approximate surface area is 213 Å². The molecule has 1 amide bonds. The van der Waals surface area contributed by atoms with Gasteiger partial charge in [0.25, 0.3) is 5.91 Å². The Morgan fingerprint density at radius 2 is 1.61 bits per heavy atom. The summed E-state index contributed by atoms with van der Waals surface area (Å²) in [5, 5.41) is 3.09. The van der Waals surface area contributed by atoms with E-state index < -0.39 is 22.6 Å². The van der Waals surface area contributed by atoms with Gasteiger partial charge in [-0.05, 0) is 92.4 Å². The van der Waals surface area contributed by atoms with Crippen molar-refractivity contribution >= 4 is 21.9 Å². The second-order valence-corrected chi connectivity index (χ2v) is 12.8. The highest BCUT2D eigenvalue weighted by atomic mass is 32.2. The molecule has 4 bridgehead atoms. The molecule has 2 aromatic carbocycles. The van der Waals surface area contributed by atoms with Crippen molar-refractivity contribution in [3.8, 4) is 0 Å². The van der Waals surface area contributed by atoms with E-state index in [0.29, 0.717) is 0 Å². The summed E-state index contributed by atoms with van der Waals surface area (Å²) in [6.07, 6.45) is 7.57. The molecule has 0 saturated heterocycles. The van der Waals surface area contributed by atoms with E-state index in [1.54, 1.807) is 0 Å². The van der Waals surface area contributed by atoms with Crippen LogP contribution in [0, 0.1) is 23.2 Å². The highest BCUT2D eigenvalue weighted by Crippen LogP contribution is 2.61. The van der Waals surface area contributed by atoms with E-state index in [9.17, 15) is 18.0 Å². The molecular formula is C28H34N2O5S. The minimum absolute atomic E-state index is 0.0345. The van der Waals surface area contributed by atoms with Gasteiger partial charge in [0.2, 0.25) is 10.0 Å². The SMILES string of the molecule is CC(NC(=O)COC(=O)c1cccc(S(=O)(=O)NCc2ccccc2)c1)C12CC3CC(CC(C3)C1)C2. The molecule has 7 nitrogen and oxygen atoms in total. The molecule has 4 fully saturated rings. The van der Waals surface area contributed by atoms with Crippen LogP contribution in [0.15, 0.2) is 59.5 Å². The predicted octanol–water partition coefficient (Wildman–Crippen LogP) is 4.04.